The van der Waals surface area contributed by atoms with Gasteiger partial charge in [-0.2, -0.15) is 0 Å². The first-order valence-corrected chi connectivity index (χ1v) is 7.72. The van der Waals surface area contributed by atoms with Crippen molar-refractivity contribution in [2.75, 3.05) is 12.3 Å². The Kier molecular flexibility index (Phi) is 4.23. The van der Waals surface area contributed by atoms with E-state index in [9.17, 15) is 9.18 Å². The molecule has 0 radical (unpaired) electrons. The van der Waals surface area contributed by atoms with Gasteiger partial charge in [0.15, 0.2) is 0 Å². The van der Waals surface area contributed by atoms with Crippen molar-refractivity contribution in [3.05, 3.63) is 42.0 Å². The number of carbonyl (C=O) groups excluding carboxylic acids is 1. The molecule has 1 aromatic carbocycles. The van der Waals surface area contributed by atoms with Crippen molar-refractivity contribution in [2.24, 2.45) is 0 Å². The molecule has 1 fully saturated rings. The average molecular weight is 314 g/mol. The Hall–Kier alpha value is -2.50. The highest BCUT2D eigenvalue weighted by atomic mass is 19.1. The summed E-state index contributed by atoms with van der Waals surface area (Å²) in [5.41, 5.74) is 7.86. The number of benzene rings is 1. The minimum absolute atomic E-state index is 0.0112. The van der Waals surface area contributed by atoms with Crippen LogP contribution in [0.1, 0.15) is 37.9 Å². The number of hydrogen-bond acceptors (Lipinski definition) is 4. The van der Waals surface area contributed by atoms with Crippen molar-refractivity contribution < 1.29 is 9.18 Å². The summed E-state index contributed by atoms with van der Waals surface area (Å²) in [6.07, 6.45) is 4.42. The molecule has 1 amide bonds. The molecule has 0 spiro atoms. The Balaban J connectivity index is 2.10. The third-order valence-corrected chi connectivity index (χ3v) is 4.20. The molecule has 0 saturated carbocycles. The largest absolute Gasteiger partial charge is 0.368 e. The van der Waals surface area contributed by atoms with Crippen molar-refractivity contribution in [2.45, 2.75) is 32.2 Å². The second kappa shape index (κ2) is 6.32. The van der Waals surface area contributed by atoms with Crippen LogP contribution in [0.3, 0.4) is 0 Å². The summed E-state index contributed by atoms with van der Waals surface area (Å²) in [6, 6.07) is 6.14. The summed E-state index contributed by atoms with van der Waals surface area (Å²) >= 11 is 0. The van der Waals surface area contributed by atoms with E-state index >= 15 is 0 Å². The SMILES string of the molecule is CC(=O)N1CCCCC1c1nc(N)ncc1-c1cccc(F)c1. The normalized spacial score (nSPS) is 18.0. The number of hydrogen-bond donors (Lipinski definition) is 1. The maximum Gasteiger partial charge on any atom is 0.220 e. The Morgan fingerprint density at radius 1 is 1.39 bits per heavy atom. The molecule has 0 aliphatic carbocycles. The zero-order valence-corrected chi connectivity index (χ0v) is 13.0. The smallest absolute Gasteiger partial charge is 0.220 e. The van der Waals surface area contributed by atoms with Gasteiger partial charge in [0.2, 0.25) is 11.9 Å². The molecule has 2 aromatic rings. The number of nitrogens with zero attached hydrogens (tertiary/aromatic N) is 3. The fraction of sp³-hybridized carbons (Fsp3) is 0.353. The molecule has 6 heteroatoms. The van der Waals surface area contributed by atoms with Crippen LogP contribution in [0.4, 0.5) is 10.3 Å². The number of nitrogens with two attached hydrogens (primary N) is 1. The van der Waals surface area contributed by atoms with E-state index in [1.54, 1.807) is 19.2 Å². The lowest BCUT2D eigenvalue weighted by Crippen LogP contribution is -2.37. The van der Waals surface area contributed by atoms with Gasteiger partial charge in [0, 0.05) is 25.2 Å². The third kappa shape index (κ3) is 3.16. The first-order valence-electron chi connectivity index (χ1n) is 7.72. The summed E-state index contributed by atoms with van der Waals surface area (Å²) in [5, 5.41) is 0. The molecular formula is C17H19FN4O. The lowest BCUT2D eigenvalue weighted by atomic mass is 9.94. The van der Waals surface area contributed by atoms with E-state index in [1.165, 1.54) is 12.1 Å². The number of carbonyl (C=O) groups is 1. The number of piperidine rings is 1. The molecule has 1 aliphatic rings. The topological polar surface area (TPSA) is 72.1 Å². The number of nitrogen functional groups attached to an aromatic ring is 1. The number of likely N-dealkylation sites (tertiary alicyclic amines) is 1. The summed E-state index contributed by atoms with van der Waals surface area (Å²) in [6.45, 7) is 2.26. The van der Waals surface area contributed by atoms with Crippen LogP contribution >= 0.6 is 0 Å². The summed E-state index contributed by atoms with van der Waals surface area (Å²) in [5.74, 6) is -0.149. The number of halogens is 1. The number of amides is 1. The molecule has 2 heterocycles. The molecule has 5 nitrogen and oxygen atoms in total. The van der Waals surface area contributed by atoms with E-state index in [0.717, 1.165) is 24.8 Å². The highest BCUT2D eigenvalue weighted by Gasteiger charge is 2.29. The van der Waals surface area contributed by atoms with Gasteiger partial charge in [0.1, 0.15) is 5.82 Å². The molecule has 0 bridgehead atoms. The molecule has 2 N–H and O–H groups in total. The second-order valence-electron chi connectivity index (χ2n) is 5.76. The van der Waals surface area contributed by atoms with E-state index in [-0.39, 0.29) is 23.7 Å². The van der Waals surface area contributed by atoms with Gasteiger partial charge in [-0.1, -0.05) is 12.1 Å². The van der Waals surface area contributed by atoms with Gasteiger partial charge in [0.05, 0.1) is 11.7 Å². The number of rotatable bonds is 2. The van der Waals surface area contributed by atoms with Gasteiger partial charge >= 0.3 is 0 Å². The lowest BCUT2D eigenvalue weighted by Gasteiger charge is -2.35. The molecule has 1 aliphatic heterocycles. The van der Waals surface area contributed by atoms with Crippen molar-refractivity contribution >= 4 is 11.9 Å². The Morgan fingerprint density at radius 3 is 2.96 bits per heavy atom. The summed E-state index contributed by atoms with van der Waals surface area (Å²) in [4.78, 5) is 22.2. The van der Waals surface area contributed by atoms with Crippen molar-refractivity contribution in [3.8, 4) is 11.1 Å². The minimum Gasteiger partial charge on any atom is -0.368 e. The van der Waals surface area contributed by atoms with Crippen LogP contribution in [0.15, 0.2) is 30.5 Å². The van der Waals surface area contributed by atoms with Crippen LogP contribution < -0.4 is 5.73 Å². The standard InChI is InChI=1S/C17H19FN4O/c1-11(23)22-8-3-2-7-15(22)16-14(10-20-17(19)21-16)12-5-4-6-13(18)9-12/h4-6,9-10,15H,2-3,7-8H2,1H3,(H2,19,20,21). The van der Waals surface area contributed by atoms with Gasteiger partial charge < -0.3 is 10.6 Å². The van der Waals surface area contributed by atoms with Crippen LogP contribution in [-0.2, 0) is 4.79 Å². The van der Waals surface area contributed by atoms with E-state index in [2.05, 4.69) is 9.97 Å². The van der Waals surface area contributed by atoms with E-state index < -0.39 is 0 Å². The zero-order chi connectivity index (χ0) is 16.4. The van der Waals surface area contributed by atoms with E-state index in [1.807, 2.05) is 11.0 Å². The fourth-order valence-corrected chi connectivity index (χ4v) is 3.13. The Labute approximate surface area is 134 Å². The van der Waals surface area contributed by atoms with Gasteiger partial charge in [-0.15, -0.1) is 0 Å². The first-order chi connectivity index (χ1) is 11.1. The quantitative estimate of drug-likeness (QED) is 0.925. The van der Waals surface area contributed by atoms with Gasteiger partial charge in [-0.05, 0) is 37.0 Å². The second-order valence-corrected chi connectivity index (χ2v) is 5.76. The average Bonchev–Trinajstić information content (AvgIpc) is 2.54. The first kappa shape index (κ1) is 15.4. The highest BCUT2D eigenvalue weighted by molar-refractivity contribution is 5.75. The van der Waals surface area contributed by atoms with Crippen LogP contribution in [0.2, 0.25) is 0 Å². The highest BCUT2D eigenvalue weighted by Crippen LogP contribution is 2.36. The molecule has 1 aromatic heterocycles. The number of aromatic nitrogens is 2. The lowest BCUT2D eigenvalue weighted by molar-refractivity contribution is -0.132. The molecular weight excluding hydrogens is 295 g/mol. The van der Waals surface area contributed by atoms with Crippen LogP contribution in [-0.4, -0.2) is 27.3 Å². The maximum atomic E-state index is 13.6. The van der Waals surface area contributed by atoms with Crippen molar-refractivity contribution in [1.82, 2.24) is 14.9 Å². The fourth-order valence-electron chi connectivity index (χ4n) is 3.13. The molecule has 1 unspecified atom stereocenters. The Morgan fingerprint density at radius 2 is 2.22 bits per heavy atom. The van der Waals surface area contributed by atoms with Crippen molar-refractivity contribution in [1.29, 1.82) is 0 Å². The van der Waals surface area contributed by atoms with Crippen LogP contribution in [0.5, 0.6) is 0 Å². The molecule has 120 valence electrons. The number of anilines is 1. The monoisotopic (exact) mass is 314 g/mol. The maximum absolute atomic E-state index is 13.6. The Bertz CT molecular complexity index is 734. The molecule has 3 rings (SSSR count). The predicted octanol–water partition coefficient (Wildman–Crippen LogP) is 2.94. The van der Waals surface area contributed by atoms with Gasteiger partial charge in [0.25, 0.3) is 0 Å². The van der Waals surface area contributed by atoms with Gasteiger partial charge in [-0.3, -0.25) is 4.79 Å². The van der Waals surface area contributed by atoms with Gasteiger partial charge in [-0.25, -0.2) is 14.4 Å². The third-order valence-electron chi connectivity index (χ3n) is 4.20. The van der Waals surface area contributed by atoms with Crippen LogP contribution in [0.25, 0.3) is 11.1 Å². The summed E-state index contributed by atoms with van der Waals surface area (Å²) in [7, 11) is 0. The zero-order valence-electron chi connectivity index (χ0n) is 13.0. The molecule has 1 saturated heterocycles. The van der Waals surface area contributed by atoms with E-state index in [4.69, 9.17) is 5.73 Å². The van der Waals surface area contributed by atoms with Crippen molar-refractivity contribution in [3.63, 3.8) is 0 Å². The van der Waals surface area contributed by atoms with Crippen LogP contribution in [0, 0.1) is 5.82 Å². The predicted molar refractivity (Wildman–Crippen MR) is 85.8 cm³/mol. The molecule has 23 heavy (non-hydrogen) atoms. The molecule has 1 atom stereocenters. The van der Waals surface area contributed by atoms with E-state index in [0.29, 0.717) is 17.8 Å². The minimum atomic E-state index is -0.322. The summed E-state index contributed by atoms with van der Waals surface area (Å²) < 4.78 is 13.6.